The molecule has 18 heavy (non-hydrogen) atoms. The molecule has 3 heteroatoms. The van der Waals surface area contributed by atoms with Gasteiger partial charge in [0.1, 0.15) is 0 Å². The molecule has 0 aromatic heterocycles. The number of amides is 2. The summed E-state index contributed by atoms with van der Waals surface area (Å²) < 4.78 is 0. The zero-order chi connectivity index (χ0) is 13.1. The first-order valence-electron chi connectivity index (χ1n) is 6.68. The molecule has 2 atom stereocenters. The first-order valence-corrected chi connectivity index (χ1v) is 6.68. The molecule has 1 fully saturated rings. The van der Waals surface area contributed by atoms with Crippen LogP contribution in [0.25, 0.3) is 0 Å². The lowest BCUT2D eigenvalue weighted by atomic mass is 10.1. The van der Waals surface area contributed by atoms with E-state index in [1.165, 1.54) is 5.56 Å². The number of hydrogen-bond donors (Lipinski definition) is 1. The number of hydrogen-bond acceptors (Lipinski definition) is 1. The summed E-state index contributed by atoms with van der Waals surface area (Å²) in [5.74, 6) is 0.630. The van der Waals surface area contributed by atoms with Crippen LogP contribution in [0.5, 0.6) is 0 Å². The Bertz CT molecular complexity index is 413. The van der Waals surface area contributed by atoms with E-state index >= 15 is 0 Å². The minimum atomic E-state index is 0.0624. The van der Waals surface area contributed by atoms with Crippen LogP contribution in [0.15, 0.2) is 24.3 Å². The number of urea groups is 1. The zero-order valence-electron chi connectivity index (χ0n) is 11.4. The van der Waals surface area contributed by atoms with Gasteiger partial charge in [0, 0.05) is 13.1 Å². The van der Waals surface area contributed by atoms with Crippen LogP contribution in [-0.4, -0.2) is 24.0 Å². The minimum absolute atomic E-state index is 0.0624. The van der Waals surface area contributed by atoms with E-state index in [1.54, 1.807) is 0 Å². The summed E-state index contributed by atoms with van der Waals surface area (Å²) in [6, 6.07) is 8.44. The van der Waals surface area contributed by atoms with E-state index in [-0.39, 0.29) is 12.1 Å². The van der Waals surface area contributed by atoms with Gasteiger partial charge in [-0.15, -0.1) is 0 Å². The third-order valence-electron chi connectivity index (χ3n) is 3.63. The lowest BCUT2D eigenvalue weighted by Gasteiger charge is -2.21. The van der Waals surface area contributed by atoms with Gasteiger partial charge in [0.25, 0.3) is 0 Å². The van der Waals surface area contributed by atoms with Crippen molar-refractivity contribution in [2.24, 2.45) is 5.92 Å². The predicted octanol–water partition coefficient (Wildman–Crippen LogP) is 3.11. The maximum absolute atomic E-state index is 12.1. The second-order valence-corrected chi connectivity index (χ2v) is 5.42. The molecule has 1 heterocycles. The van der Waals surface area contributed by atoms with Gasteiger partial charge in [0.15, 0.2) is 0 Å². The van der Waals surface area contributed by atoms with Crippen molar-refractivity contribution >= 4 is 6.03 Å². The van der Waals surface area contributed by atoms with Crippen molar-refractivity contribution in [3.63, 3.8) is 0 Å². The zero-order valence-corrected chi connectivity index (χ0v) is 11.4. The number of nitrogens with one attached hydrogen (secondary N) is 1. The normalized spacial score (nSPS) is 20.8. The fourth-order valence-electron chi connectivity index (χ4n) is 2.33. The van der Waals surface area contributed by atoms with Crippen LogP contribution in [0.4, 0.5) is 4.79 Å². The van der Waals surface area contributed by atoms with Crippen molar-refractivity contribution in [1.29, 1.82) is 0 Å². The molecule has 1 aromatic carbocycles. The second kappa shape index (κ2) is 5.42. The molecule has 0 saturated carbocycles. The van der Waals surface area contributed by atoms with Crippen molar-refractivity contribution in [2.45, 2.75) is 33.2 Å². The number of carbonyl (C=O) groups excluding carboxylic acids is 1. The van der Waals surface area contributed by atoms with Crippen LogP contribution in [0.2, 0.25) is 0 Å². The summed E-state index contributed by atoms with van der Waals surface area (Å²) in [5.41, 5.74) is 2.40. The van der Waals surface area contributed by atoms with Crippen LogP contribution >= 0.6 is 0 Å². The van der Waals surface area contributed by atoms with Gasteiger partial charge >= 0.3 is 6.03 Å². The van der Waals surface area contributed by atoms with E-state index in [9.17, 15) is 4.79 Å². The predicted molar refractivity (Wildman–Crippen MR) is 73.5 cm³/mol. The van der Waals surface area contributed by atoms with Crippen LogP contribution in [0, 0.1) is 12.8 Å². The fraction of sp³-hybridized carbons (Fsp3) is 0.533. The number of likely N-dealkylation sites (tertiary alicyclic amines) is 1. The van der Waals surface area contributed by atoms with Gasteiger partial charge in [-0.2, -0.15) is 0 Å². The molecule has 2 amide bonds. The molecule has 1 saturated heterocycles. The number of nitrogens with zero attached hydrogens (tertiary/aromatic N) is 1. The van der Waals surface area contributed by atoms with E-state index < -0.39 is 0 Å². The van der Waals surface area contributed by atoms with E-state index in [0.717, 1.165) is 25.1 Å². The van der Waals surface area contributed by atoms with Crippen molar-refractivity contribution in [2.75, 3.05) is 13.1 Å². The number of carbonyl (C=O) groups is 1. The summed E-state index contributed by atoms with van der Waals surface area (Å²) in [6.07, 6.45) is 1.12. The van der Waals surface area contributed by atoms with E-state index in [1.807, 2.05) is 11.8 Å². The summed E-state index contributed by atoms with van der Waals surface area (Å²) in [5, 5.41) is 3.07. The number of rotatable bonds is 2. The molecule has 2 unspecified atom stereocenters. The maximum Gasteiger partial charge on any atom is 0.317 e. The molecular formula is C15H22N2O. The third-order valence-corrected chi connectivity index (χ3v) is 3.63. The average molecular weight is 246 g/mol. The quantitative estimate of drug-likeness (QED) is 0.854. The van der Waals surface area contributed by atoms with Gasteiger partial charge in [-0.3, -0.25) is 0 Å². The Labute approximate surface area is 109 Å². The standard InChI is InChI=1S/C15H22N2O/c1-11-4-6-14(7-5-11)13(3)16-15(18)17-9-8-12(2)10-17/h4-7,12-13H,8-10H2,1-3H3,(H,16,18). The summed E-state index contributed by atoms with van der Waals surface area (Å²) in [7, 11) is 0. The Hall–Kier alpha value is -1.51. The van der Waals surface area contributed by atoms with Crippen molar-refractivity contribution in [3.05, 3.63) is 35.4 Å². The highest BCUT2D eigenvalue weighted by molar-refractivity contribution is 5.75. The summed E-state index contributed by atoms with van der Waals surface area (Å²) >= 11 is 0. The molecule has 0 spiro atoms. The smallest absolute Gasteiger partial charge is 0.317 e. The average Bonchev–Trinajstić information content (AvgIpc) is 2.76. The molecule has 1 aromatic rings. The lowest BCUT2D eigenvalue weighted by Crippen LogP contribution is -2.39. The Balaban J connectivity index is 1.92. The molecule has 0 radical (unpaired) electrons. The molecule has 1 aliphatic heterocycles. The van der Waals surface area contributed by atoms with Gasteiger partial charge in [-0.1, -0.05) is 36.8 Å². The molecule has 3 nitrogen and oxygen atoms in total. The van der Waals surface area contributed by atoms with E-state index in [2.05, 4.69) is 43.4 Å². The van der Waals surface area contributed by atoms with Crippen molar-refractivity contribution < 1.29 is 4.79 Å². The summed E-state index contributed by atoms with van der Waals surface area (Å²) in [4.78, 5) is 14.0. The Morgan fingerprint density at radius 2 is 2.06 bits per heavy atom. The SMILES string of the molecule is Cc1ccc(C(C)NC(=O)N2CCC(C)C2)cc1. The highest BCUT2D eigenvalue weighted by Crippen LogP contribution is 2.17. The van der Waals surface area contributed by atoms with Gasteiger partial charge in [-0.05, 0) is 31.7 Å². The molecule has 0 bridgehead atoms. The first-order chi connectivity index (χ1) is 8.56. The Kier molecular flexibility index (Phi) is 3.90. The lowest BCUT2D eigenvalue weighted by molar-refractivity contribution is 0.204. The van der Waals surface area contributed by atoms with E-state index in [4.69, 9.17) is 0 Å². The van der Waals surface area contributed by atoms with Crippen LogP contribution in [0.3, 0.4) is 0 Å². The highest BCUT2D eigenvalue weighted by atomic mass is 16.2. The molecular weight excluding hydrogens is 224 g/mol. The highest BCUT2D eigenvalue weighted by Gasteiger charge is 2.24. The van der Waals surface area contributed by atoms with Gasteiger partial charge < -0.3 is 10.2 Å². The third kappa shape index (κ3) is 3.03. The second-order valence-electron chi connectivity index (χ2n) is 5.42. The number of benzene rings is 1. The van der Waals surface area contributed by atoms with Crippen LogP contribution < -0.4 is 5.32 Å². The molecule has 98 valence electrons. The van der Waals surface area contributed by atoms with Crippen LogP contribution in [-0.2, 0) is 0 Å². The van der Waals surface area contributed by atoms with E-state index in [0.29, 0.717) is 5.92 Å². The largest absolute Gasteiger partial charge is 0.331 e. The molecule has 0 aliphatic carbocycles. The van der Waals surface area contributed by atoms with Crippen LogP contribution in [0.1, 0.15) is 37.4 Å². The molecule has 1 aliphatic rings. The van der Waals surface area contributed by atoms with Gasteiger partial charge in [-0.25, -0.2) is 4.79 Å². The number of aryl methyl sites for hydroxylation is 1. The van der Waals surface area contributed by atoms with Gasteiger partial charge in [0.2, 0.25) is 0 Å². The van der Waals surface area contributed by atoms with Crippen molar-refractivity contribution in [3.8, 4) is 0 Å². The van der Waals surface area contributed by atoms with Gasteiger partial charge in [0.05, 0.1) is 6.04 Å². The monoisotopic (exact) mass is 246 g/mol. The Morgan fingerprint density at radius 1 is 1.39 bits per heavy atom. The molecule has 2 rings (SSSR count). The fourth-order valence-corrected chi connectivity index (χ4v) is 2.33. The Morgan fingerprint density at radius 3 is 2.61 bits per heavy atom. The summed E-state index contributed by atoms with van der Waals surface area (Å²) in [6.45, 7) is 8.05. The molecule has 1 N–H and O–H groups in total. The maximum atomic E-state index is 12.1. The minimum Gasteiger partial charge on any atom is -0.331 e. The van der Waals surface area contributed by atoms with Crippen molar-refractivity contribution in [1.82, 2.24) is 10.2 Å². The first kappa shape index (κ1) is 12.9. The topological polar surface area (TPSA) is 32.3 Å².